The summed E-state index contributed by atoms with van der Waals surface area (Å²) in [6.07, 6.45) is -1.33. The first-order valence-corrected chi connectivity index (χ1v) is 6.20. The van der Waals surface area contributed by atoms with Gasteiger partial charge in [0.1, 0.15) is 11.7 Å². The molecule has 0 radical (unpaired) electrons. The van der Waals surface area contributed by atoms with Crippen LogP contribution in [0.15, 0.2) is 0 Å². The van der Waals surface area contributed by atoms with E-state index in [-0.39, 0.29) is 25.0 Å². The van der Waals surface area contributed by atoms with E-state index in [4.69, 9.17) is 0 Å². The minimum Gasteiger partial charge on any atom is -0.390 e. The molecule has 0 unspecified atom stereocenters. The molecule has 0 heterocycles. The zero-order chi connectivity index (χ0) is 13.1. The fourth-order valence-electron chi connectivity index (χ4n) is 2.27. The van der Waals surface area contributed by atoms with Gasteiger partial charge in [-0.25, -0.2) is 0 Å². The van der Waals surface area contributed by atoms with Crippen molar-refractivity contribution in [2.45, 2.75) is 69.4 Å². The Morgan fingerprint density at radius 2 is 1.71 bits per heavy atom. The number of hydrogen-bond donors (Lipinski definition) is 4. The number of rotatable bonds is 5. The molecule has 2 atom stereocenters. The van der Waals surface area contributed by atoms with Crippen LogP contribution in [0.3, 0.4) is 0 Å². The van der Waals surface area contributed by atoms with Gasteiger partial charge in [0.25, 0.3) is 0 Å². The molecular weight excluding hydrogens is 224 g/mol. The molecule has 0 amide bonds. The van der Waals surface area contributed by atoms with E-state index in [2.05, 4.69) is 0 Å². The fourth-order valence-corrected chi connectivity index (χ4v) is 2.27. The minimum absolute atomic E-state index is 0.198. The van der Waals surface area contributed by atoms with Gasteiger partial charge in [0.2, 0.25) is 0 Å². The summed E-state index contributed by atoms with van der Waals surface area (Å²) in [5, 5.41) is 38.4. The molecule has 1 aliphatic rings. The van der Waals surface area contributed by atoms with Crippen LogP contribution in [0.1, 0.15) is 45.4 Å². The normalized spacial score (nSPS) is 38.1. The molecule has 0 aliphatic heterocycles. The molecule has 0 aromatic heterocycles. The van der Waals surface area contributed by atoms with Crippen LogP contribution in [-0.2, 0) is 4.79 Å². The van der Waals surface area contributed by atoms with Crippen LogP contribution in [0.2, 0.25) is 0 Å². The molecule has 4 N–H and O–H groups in total. The molecule has 100 valence electrons. The average molecular weight is 246 g/mol. The number of ketones is 1. The molecule has 0 aromatic carbocycles. The second-order valence-corrected chi connectivity index (χ2v) is 4.95. The highest BCUT2D eigenvalue weighted by molar-refractivity contribution is 5.87. The van der Waals surface area contributed by atoms with E-state index in [0.29, 0.717) is 6.42 Å². The Bertz CT molecular complexity index is 254. The van der Waals surface area contributed by atoms with Crippen molar-refractivity contribution >= 4 is 5.78 Å². The summed E-state index contributed by atoms with van der Waals surface area (Å²) in [4.78, 5) is 11.8. The Morgan fingerprint density at radius 3 is 2.18 bits per heavy atom. The fraction of sp³-hybridized carbons (Fsp3) is 0.917. The topological polar surface area (TPSA) is 98.0 Å². The van der Waals surface area contributed by atoms with Crippen LogP contribution in [0.4, 0.5) is 0 Å². The van der Waals surface area contributed by atoms with Crippen molar-refractivity contribution in [3.8, 4) is 0 Å². The summed E-state index contributed by atoms with van der Waals surface area (Å²) in [6, 6.07) is 0. The van der Waals surface area contributed by atoms with Crippen molar-refractivity contribution in [2.75, 3.05) is 0 Å². The van der Waals surface area contributed by atoms with Gasteiger partial charge < -0.3 is 20.4 Å². The molecule has 17 heavy (non-hydrogen) atoms. The molecule has 0 bridgehead atoms. The molecule has 5 nitrogen and oxygen atoms in total. The van der Waals surface area contributed by atoms with Crippen molar-refractivity contribution in [1.82, 2.24) is 0 Å². The van der Waals surface area contributed by atoms with Gasteiger partial charge >= 0.3 is 0 Å². The van der Waals surface area contributed by atoms with Gasteiger partial charge in [-0.2, -0.15) is 0 Å². The lowest BCUT2D eigenvalue weighted by Crippen LogP contribution is -2.56. The zero-order valence-electron chi connectivity index (χ0n) is 10.2. The van der Waals surface area contributed by atoms with Crippen molar-refractivity contribution in [1.29, 1.82) is 0 Å². The Balaban J connectivity index is 2.58. The van der Waals surface area contributed by atoms with Crippen molar-refractivity contribution in [3.05, 3.63) is 0 Å². The molecule has 1 saturated carbocycles. The smallest absolute Gasteiger partial charge is 0.164 e. The molecule has 5 heteroatoms. The van der Waals surface area contributed by atoms with Crippen LogP contribution < -0.4 is 0 Å². The number of aliphatic hydroxyl groups excluding tert-OH is 3. The summed E-state index contributed by atoms with van der Waals surface area (Å²) in [5.41, 5.74) is -1.69. The minimum atomic E-state index is -1.69. The molecule has 1 rings (SSSR count). The summed E-state index contributed by atoms with van der Waals surface area (Å²) in [5.74, 6) is -0.351. The Hall–Kier alpha value is -0.490. The van der Waals surface area contributed by atoms with Crippen LogP contribution in [0.25, 0.3) is 0 Å². The van der Waals surface area contributed by atoms with Crippen LogP contribution in [0, 0.1) is 0 Å². The maximum atomic E-state index is 11.8. The molecular formula is C12H22O5. The van der Waals surface area contributed by atoms with E-state index < -0.39 is 23.9 Å². The molecule has 1 aliphatic carbocycles. The van der Waals surface area contributed by atoms with Crippen molar-refractivity contribution in [2.24, 2.45) is 0 Å². The lowest BCUT2D eigenvalue weighted by molar-refractivity contribution is -0.171. The standard InChI is InChI=1S/C12H22O5/c1-2-3-4-5-10(15)12(17)6-8(13)11(16)9(14)7-12/h8-9,11,13-14,16-17H,2-7H2,1H3/t8-,9-,11?,12?/m1/s1. The SMILES string of the molecule is CCCCCC(=O)C1(O)C[C@@H](O)C(O)[C@H](O)C1. The highest BCUT2D eigenvalue weighted by Crippen LogP contribution is 2.31. The Labute approximate surface area is 101 Å². The van der Waals surface area contributed by atoms with Crippen molar-refractivity contribution < 1.29 is 25.2 Å². The van der Waals surface area contributed by atoms with Gasteiger partial charge in [-0.3, -0.25) is 4.79 Å². The predicted octanol–water partition coefficient (Wildman–Crippen LogP) is -0.257. The van der Waals surface area contributed by atoms with Crippen LogP contribution >= 0.6 is 0 Å². The first-order chi connectivity index (χ1) is 7.90. The number of aliphatic hydroxyl groups is 4. The number of Topliss-reactive ketones (excluding diaryl/α,β-unsaturated/α-hetero) is 1. The number of carbonyl (C=O) groups is 1. The highest BCUT2D eigenvalue weighted by atomic mass is 16.4. The van der Waals surface area contributed by atoms with Crippen molar-refractivity contribution in [3.63, 3.8) is 0 Å². The van der Waals surface area contributed by atoms with E-state index in [1.165, 1.54) is 0 Å². The predicted molar refractivity (Wildman–Crippen MR) is 61.4 cm³/mol. The van der Waals surface area contributed by atoms with E-state index in [1.54, 1.807) is 0 Å². The van der Waals surface area contributed by atoms with E-state index in [1.807, 2.05) is 6.92 Å². The zero-order valence-corrected chi connectivity index (χ0v) is 10.2. The van der Waals surface area contributed by atoms with Crippen LogP contribution in [0.5, 0.6) is 0 Å². The maximum absolute atomic E-state index is 11.8. The van der Waals surface area contributed by atoms with E-state index in [0.717, 1.165) is 12.8 Å². The van der Waals surface area contributed by atoms with E-state index in [9.17, 15) is 25.2 Å². The second-order valence-electron chi connectivity index (χ2n) is 4.95. The quantitative estimate of drug-likeness (QED) is 0.501. The Kier molecular flexibility index (Phi) is 5.06. The van der Waals surface area contributed by atoms with E-state index >= 15 is 0 Å². The number of carbonyl (C=O) groups excluding carboxylic acids is 1. The summed E-state index contributed by atoms with van der Waals surface area (Å²) in [7, 11) is 0. The number of hydrogen-bond acceptors (Lipinski definition) is 5. The van der Waals surface area contributed by atoms with Gasteiger partial charge in [-0.05, 0) is 6.42 Å². The lowest BCUT2D eigenvalue weighted by Gasteiger charge is -2.39. The maximum Gasteiger partial charge on any atom is 0.164 e. The summed E-state index contributed by atoms with van der Waals surface area (Å²) >= 11 is 0. The Morgan fingerprint density at radius 1 is 1.18 bits per heavy atom. The van der Waals surface area contributed by atoms with Gasteiger partial charge in [-0.1, -0.05) is 19.8 Å². The van der Waals surface area contributed by atoms with Crippen LogP contribution in [-0.4, -0.2) is 50.1 Å². The third-order valence-electron chi connectivity index (χ3n) is 3.41. The first kappa shape index (κ1) is 14.6. The van der Waals surface area contributed by atoms with Gasteiger partial charge in [0.15, 0.2) is 5.78 Å². The first-order valence-electron chi connectivity index (χ1n) is 6.20. The lowest BCUT2D eigenvalue weighted by atomic mass is 9.76. The third kappa shape index (κ3) is 3.48. The molecule has 0 saturated heterocycles. The second kappa shape index (κ2) is 5.91. The molecule has 0 aromatic rings. The van der Waals surface area contributed by atoms with Gasteiger partial charge in [0.05, 0.1) is 12.2 Å². The highest BCUT2D eigenvalue weighted by Gasteiger charge is 2.47. The van der Waals surface area contributed by atoms with Gasteiger partial charge in [-0.15, -0.1) is 0 Å². The summed E-state index contributed by atoms with van der Waals surface area (Å²) in [6.45, 7) is 2.02. The monoisotopic (exact) mass is 246 g/mol. The third-order valence-corrected chi connectivity index (χ3v) is 3.41. The summed E-state index contributed by atoms with van der Waals surface area (Å²) < 4.78 is 0. The van der Waals surface area contributed by atoms with Gasteiger partial charge in [0, 0.05) is 19.3 Å². The largest absolute Gasteiger partial charge is 0.390 e. The number of unbranched alkanes of at least 4 members (excludes halogenated alkanes) is 2. The molecule has 0 spiro atoms. The average Bonchev–Trinajstić information content (AvgIpc) is 2.26. The molecule has 1 fully saturated rings.